The van der Waals surface area contributed by atoms with Crippen molar-refractivity contribution in [2.75, 3.05) is 13.2 Å². The minimum absolute atomic E-state index is 0. The molecule has 2 N–H and O–H groups in total. The molecule has 0 saturated carbocycles. The molecule has 0 amide bonds. The topological polar surface area (TPSA) is 91.1 Å². The minimum atomic E-state index is 0. The molecule has 6 rings (SSSR count). The van der Waals surface area contributed by atoms with E-state index in [0.717, 1.165) is 168 Å². The Morgan fingerprint density at radius 2 is 0.759 bits per heavy atom. The Hall–Kier alpha value is -4.14. The van der Waals surface area contributed by atoms with E-state index in [2.05, 4.69) is 178 Å². The molecule has 0 atom stereocenters. The van der Waals surface area contributed by atoms with E-state index in [1.807, 2.05) is 0 Å². The van der Waals surface area contributed by atoms with Crippen LogP contribution in [0.2, 0.25) is 0 Å². The monoisotopic (exact) mass is 1260 g/mol. The summed E-state index contributed by atoms with van der Waals surface area (Å²) in [6, 6.07) is 35.4. The third-order valence-electron chi connectivity index (χ3n) is 15.5. The molecule has 464 valence electrons. The summed E-state index contributed by atoms with van der Waals surface area (Å²) in [4.78, 5) is 0. The van der Waals surface area contributed by atoms with Crippen LogP contribution in [0.4, 0.5) is 0 Å². The number of aryl methyl sites for hydroxylation is 4. The van der Waals surface area contributed by atoms with Gasteiger partial charge in [0, 0.05) is 94.7 Å². The average molecular weight is 1270 g/mol. The van der Waals surface area contributed by atoms with Crippen LogP contribution in [0, 0.1) is 0 Å². The van der Waals surface area contributed by atoms with Crippen molar-refractivity contribution in [3.63, 3.8) is 0 Å². The number of rotatable bonds is 34. The molecular formula is C75H112N4NiO2Pd. The predicted octanol–water partition coefficient (Wildman–Crippen LogP) is 22.3. The van der Waals surface area contributed by atoms with Gasteiger partial charge in [0.1, 0.15) is 0 Å². The number of hydrogen-bond acceptors (Lipinski definition) is 2. The van der Waals surface area contributed by atoms with Crippen LogP contribution in [0.1, 0.15) is 274 Å². The van der Waals surface area contributed by atoms with Crippen molar-refractivity contribution in [2.24, 2.45) is 0 Å². The van der Waals surface area contributed by atoms with Gasteiger partial charge in [-0.25, -0.2) is 9.39 Å². The number of aliphatic hydroxyl groups excluding tert-OH is 2. The van der Waals surface area contributed by atoms with E-state index in [9.17, 15) is 11.1 Å². The second kappa shape index (κ2) is 47.1. The Kier molecular flexibility index (Phi) is 43.6. The molecule has 0 radical (unpaired) electrons. The molecule has 0 fully saturated rings. The summed E-state index contributed by atoms with van der Waals surface area (Å²) in [6.07, 6.45) is 36.9. The van der Waals surface area contributed by atoms with Crippen LogP contribution < -0.4 is 0 Å². The van der Waals surface area contributed by atoms with Gasteiger partial charge in [0.2, 0.25) is 22.8 Å². The maximum atomic E-state index is 11.9. The fourth-order valence-electron chi connectivity index (χ4n) is 10.6. The van der Waals surface area contributed by atoms with Gasteiger partial charge >= 0.3 is 0 Å². The number of unbranched alkanes of at least 4 members (excludes halogenated alkanes) is 11. The summed E-state index contributed by atoms with van der Waals surface area (Å²) >= 11 is 0. The van der Waals surface area contributed by atoms with Gasteiger partial charge in [0.05, 0.1) is 0 Å². The van der Waals surface area contributed by atoms with Crippen LogP contribution >= 0.6 is 0 Å². The Labute approximate surface area is 531 Å². The maximum absolute atomic E-state index is 11.9. The molecule has 4 aromatic rings. The quantitative estimate of drug-likeness (QED) is 0.0211. The van der Waals surface area contributed by atoms with Crippen LogP contribution in [-0.2, 0) is 62.6 Å². The molecule has 0 spiro atoms. The van der Waals surface area contributed by atoms with Crippen molar-refractivity contribution >= 4 is 22.8 Å². The first-order chi connectivity index (χ1) is 39.6. The average Bonchev–Trinajstić information content (AvgIpc) is 3.95. The van der Waals surface area contributed by atoms with Gasteiger partial charge in [0.25, 0.3) is 0 Å². The fourth-order valence-corrected chi connectivity index (χ4v) is 10.6. The zero-order valence-corrected chi connectivity index (χ0v) is 56.2. The van der Waals surface area contributed by atoms with Crippen molar-refractivity contribution in [1.82, 2.24) is 0 Å². The van der Waals surface area contributed by atoms with Gasteiger partial charge in [0.15, 0.2) is 0 Å². The van der Waals surface area contributed by atoms with Gasteiger partial charge in [-0.1, -0.05) is 207 Å². The molecule has 0 unspecified atom stereocenters. The second-order valence-corrected chi connectivity index (χ2v) is 22.3. The van der Waals surface area contributed by atoms with Crippen LogP contribution in [0.25, 0.3) is 33.9 Å². The smallest absolute Gasteiger partial charge is 0.211 e. The van der Waals surface area contributed by atoms with Gasteiger partial charge in [-0.2, -0.15) is 0 Å². The molecule has 0 aromatic heterocycles. The van der Waals surface area contributed by atoms with Crippen molar-refractivity contribution in [3.8, 4) is 0 Å². The van der Waals surface area contributed by atoms with Crippen LogP contribution in [0.3, 0.4) is 0 Å². The Morgan fingerprint density at radius 1 is 0.361 bits per heavy atom. The third-order valence-corrected chi connectivity index (χ3v) is 15.5. The summed E-state index contributed by atoms with van der Waals surface area (Å²) in [5.41, 5.74) is 42.9. The SMILES string of the molecule is CCCC=CCCc1ccccc1C1=C(CCCCC)C(CCCC)=C(c2ccc(CCCC)cc2)[N+]1=[N-].CCCCCC1=C(c2cccc(CC)c2)[N+](=[N-])C(c2ccc(CCCC)cc2)=C1CCCC.CCCCO.CCCCO.[Ni].[Pd]. The largest absolute Gasteiger partial charge is 0.493 e. The number of hydrogen-bond donors (Lipinski definition) is 2. The molecule has 83 heavy (non-hydrogen) atoms. The van der Waals surface area contributed by atoms with Gasteiger partial charge in [-0.15, -0.1) is 0 Å². The third kappa shape index (κ3) is 25.8. The summed E-state index contributed by atoms with van der Waals surface area (Å²) in [7, 11) is 0. The van der Waals surface area contributed by atoms with Crippen molar-refractivity contribution in [2.45, 2.75) is 255 Å². The summed E-state index contributed by atoms with van der Waals surface area (Å²) in [5.74, 6) is 0. The van der Waals surface area contributed by atoms with Crippen molar-refractivity contribution in [3.05, 3.63) is 187 Å². The van der Waals surface area contributed by atoms with E-state index in [1.54, 1.807) is 4.70 Å². The first-order valence-corrected chi connectivity index (χ1v) is 32.8. The van der Waals surface area contributed by atoms with E-state index in [0.29, 0.717) is 13.2 Å². The Morgan fingerprint density at radius 3 is 1.18 bits per heavy atom. The summed E-state index contributed by atoms with van der Waals surface area (Å²) in [5, 5.41) is 16.1. The van der Waals surface area contributed by atoms with Crippen molar-refractivity contribution in [1.29, 1.82) is 0 Å². The minimum Gasteiger partial charge on any atom is -0.493 e. The maximum Gasteiger partial charge on any atom is 0.211 e. The van der Waals surface area contributed by atoms with Gasteiger partial charge in [-0.3, -0.25) is 0 Å². The van der Waals surface area contributed by atoms with E-state index in [-0.39, 0.29) is 36.9 Å². The number of aliphatic hydroxyl groups is 2. The first kappa shape index (κ1) is 76.9. The molecule has 2 heterocycles. The van der Waals surface area contributed by atoms with Crippen molar-refractivity contribution < 1.29 is 56.5 Å². The number of nitrogens with zero attached hydrogens (tertiary/aromatic N) is 4. The summed E-state index contributed by atoms with van der Waals surface area (Å²) in [6.45, 7) is 22.7. The number of benzene rings is 4. The normalized spacial score (nSPS) is 13.0. The molecule has 8 heteroatoms. The van der Waals surface area contributed by atoms with E-state index in [4.69, 9.17) is 10.2 Å². The van der Waals surface area contributed by atoms with Gasteiger partial charge < -0.3 is 21.3 Å². The van der Waals surface area contributed by atoms with Crippen LogP contribution in [-0.4, -0.2) is 32.8 Å². The molecular weight excluding hydrogens is 1150 g/mol. The standard InChI is InChI=1S/C36H50N2.C31H42N2.2C4H10O.Ni.Pd/c1-5-9-13-14-16-20-30-21-17-18-23-32(30)36-34(24-15-10-6-2)33(22-12-8-4)35(38(36)37)31-27-25-29(26-28-31)19-11-7-3;1-5-9-12-18-29-28(17-11-7-3)30(26-21-19-25(20-22-26)14-10-6-2)33(32)31(29)27-16-13-15-24(8-4)23-27;2*1-2-3-4-5;;/h13-14,17-18,21,23,25-28H,5-12,15-16,19-20,22,24H2,1-4H3;13,15-16,19-23H,5-12,14,17-18H2,1-4H3;2*5H,2-4H2,1H3;;. The molecule has 2 aliphatic rings. The molecule has 4 aromatic carbocycles. The van der Waals surface area contributed by atoms with E-state index >= 15 is 0 Å². The van der Waals surface area contributed by atoms with E-state index < -0.39 is 0 Å². The fraction of sp³-hybridized carbons (Fsp3) is 0.547. The Bertz CT molecular complexity index is 2580. The molecule has 0 saturated heterocycles. The zero-order chi connectivity index (χ0) is 59.0. The molecule has 2 aliphatic heterocycles. The van der Waals surface area contributed by atoms with Crippen LogP contribution in [0.5, 0.6) is 0 Å². The van der Waals surface area contributed by atoms with Gasteiger partial charge in [-0.05, 0) is 180 Å². The second-order valence-electron chi connectivity index (χ2n) is 22.3. The molecule has 0 bridgehead atoms. The van der Waals surface area contributed by atoms with Crippen LogP contribution in [0.15, 0.2) is 132 Å². The Balaban J connectivity index is 0.000000702. The molecule has 6 nitrogen and oxygen atoms in total. The predicted molar refractivity (Wildman–Crippen MR) is 351 cm³/mol. The zero-order valence-electron chi connectivity index (χ0n) is 53.6. The summed E-state index contributed by atoms with van der Waals surface area (Å²) < 4.78 is 3.07. The molecule has 0 aliphatic carbocycles. The number of allylic oxidation sites excluding steroid dienone is 6. The van der Waals surface area contributed by atoms with E-state index in [1.165, 1.54) is 113 Å². The first-order valence-electron chi connectivity index (χ1n) is 32.8.